The second-order valence-corrected chi connectivity index (χ2v) is 6.32. The van der Waals surface area contributed by atoms with Crippen molar-refractivity contribution in [3.05, 3.63) is 0 Å². The minimum Gasteiger partial charge on any atom is -0.378 e. The van der Waals surface area contributed by atoms with Crippen molar-refractivity contribution >= 4 is 5.91 Å². The smallest absolute Gasteiger partial charge is 0.225 e. The topological polar surface area (TPSA) is 41.6 Å². The van der Waals surface area contributed by atoms with Gasteiger partial charge >= 0.3 is 0 Å². The SMILES string of the molecule is CC(C)CN(CC1CCCN1)C(=O)CC1CCCO1. The Bertz CT molecular complexity index is 282. The van der Waals surface area contributed by atoms with Gasteiger partial charge in [0.2, 0.25) is 5.91 Å². The Hall–Kier alpha value is -0.610. The van der Waals surface area contributed by atoms with Crippen molar-refractivity contribution < 1.29 is 9.53 Å². The van der Waals surface area contributed by atoms with Crippen molar-refractivity contribution in [2.45, 2.75) is 58.1 Å². The summed E-state index contributed by atoms with van der Waals surface area (Å²) in [6.45, 7) is 8.00. The molecule has 0 radical (unpaired) electrons. The molecule has 2 aliphatic rings. The van der Waals surface area contributed by atoms with E-state index in [2.05, 4.69) is 24.1 Å². The summed E-state index contributed by atoms with van der Waals surface area (Å²) >= 11 is 0. The fraction of sp³-hybridized carbons (Fsp3) is 0.933. The molecule has 2 atom stereocenters. The van der Waals surface area contributed by atoms with Crippen molar-refractivity contribution in [3.8, 4) is 0 Å². The molecule has 2 unspecified atom stereocenters. The lowest BCUT2D eigenvalue weighted by Gasteiger charge is -2.28. The summed E-state index contributed by atoms with van der Waals surface area (Å²) in [5.41, 5.74) is 0. The molecule has 0 bridgehead atoms. The minimum absolute atomic E-state index is 0.165. The molecule has 4 nitrogen and oxygen atoms in total. The Morgan fingerprint density at radius 2 is 2.21 bits per heavy atom. The molecular weight excluding hydrogens is 240 g/mol. The van der Waals surface area contributed by atoms with Gasteiger partial charge in [-0.05, 0) is 38.1 Å². The number of nitrogens with zero attached hydrogens (tertiary/aromatic N) is 1. The monoisotopic (exact) mass is 268 g/mol. The molecular formula is C15H28N2O2. The van der Waals surface area contributed by atoms with Gasteiger partial charge in [0.25, 0.3) is 0 Å². The van der Waals surface area contributed by atoms with Gasteiger partial charge in [0, 0.05) is 25.7 Å². The van der Waals surface area contributed by atoms with Gasteiger partial charge in [-0.3, -0.25) is 4.79 Å². The van der Waals surface area contributed by atoms with Crippen LogP contribution in [-0.4, -0.2) is 49.2 Å². The first kappa shape index (κ1) is 14.8. The van der Waals surface area contributed by atoms with E-state index < -0.39 is 0 Å². The number of nitrogens with one attached hydrogen (secondary N) is 1. The number of carbonyl (C=O) groups excluding carboxylic acids is 1. The average Bonchev–Trinajstić information content (AvgIpc) is 3.00. The highest BCUT2D eigenvalue weighted by Gasteiger charge is 2.25. The van der Waals surface area contributed by atoms with Gasteiger partial charge in [-0.2, -0.15) is 0 Å². The van der Waals surface area contributed by atoms with Gasteiger partial charge in [0.05, 0.1) is 12.5 Å². The lowest BCUT2D eigenvalue weighted by Crippen LogP contribution is -2.43. The van der Waals surface area contributed by atoms with Gasteiger partial charge in [-0.1, -0.05) is 13.8 Å². The van der Waals surface area contributed by atoms with Crippen LogP contribution in [-0.2, 0) is 9.53 Å². The zero-order chi connectivity index (χ0) is 13.7. The Balaban J connectivity index is 1.84. The van der Waals surface area contributed by atoms with E-state index in [1.165, 1.54) is 12.8 Å². The molecule has 0 spiro atoms. The van der Waals surface area contributed by atoms with Crippen LogP contribution < -0.4 is 5.32 Å². The number of hydrogen-bond acceptors (Lipinski definition) is 3. The maximum absolute atomic E-state index is 12.4. The molecule has 0 aromatic heterocycles. The molecule has 2 rings (SSSR count). The third-order valence-corrected chi connectivity index (χ3v) is 3.97. The first-order chi connectivity index (χ1) is 9.15. The van der Waals surface area contributed by atoms with E-state index in [9.17, 15) is 4.79 Å². The van der Waals surface area contributed by atoms with Crippen LogP contribution >= 0.6 is 0 Å². The lowest BCUT2D eigenvalue weighted by molar-refractivity contribution is -0.134. The van der Waals surface area contributed by atoms with Crippen LogP contribution in [0.1, 0.15) is 46.0 Å². The fourth-order valence-corrected chi connectivity index (χ4v) is 3.03. The molecule has 0 aromatic rings. The van der Waals surface area contributed by atoms with Crippen molar-refractivity contribution in [2.75, 3.05) is 26.2 Å². The summed E-state index contributed by atoms with van der Waals surface area (Å²) in [7, 11) is 0. The summed E-state index contributed by atoms with van der Waals surface area (Å²) in [5, 5.41) is 3.48. The maximum Gasteiger partial charge on any atom is 0.225 e. The van der Waals surface area contributed by atoms with E-state index in [1.807, 2.05) is 0 Å². The molecule has 0 saturated carbocycles. The summed E-state index contributed by atoms with van der Waals surface area (Å²) in [6, 6.07) is 0.493. The molecule has 2 aliphatic heterocycles. The van der Waals surface area contributed by atoms with E-state index in [4.69, 9.17) is 4.74 Å². The van der Waals surface area contributed by atoms with Crippen LogP contribution in [0.5, 0.6) is 0 Å². The number of amides is 1. The molecule has 2 saturated heterocycles. The second-order valence-electron chi connectivity index (χ2n) is 6.32. The highest BCUT2D eigenvalue weighted by Crippen LogP contribution is 2.18. The Morgan fingerprint density at radius 3 is 2.79 bits per heavy atom. The van der Waals surface area contributed by atoms with Crippen molar-refractivity contribution in [1.29, 1.82) is 0 Å². The zero-order valence-corrected chi connectivity index (χ0v) is 12.4. The average molecular weight is 268 g/mol. The molecule has 4 heteroatoms. The summed E-state index contributed by atoms with van der Waals surface area (Å²) in [4.78, 5) is 14.5. The van der Waals surface area contributed by atoms with Gasteiger partial charge in [0.15, 0.2) is 0 Å². The first-order valence-corrected chi connectivity index (χ1v) is 7.78. The zero-order valence-electron chi connectivity index (χ0n) is 12.4. The quantitative estimate of drug-likeness (QED) is 0.798. The molecule has 2 fully saturated rings. The van der Waals surface area contributed by atoms with E-state index in [0.717, 1.165) is 39.1 Å². The van der Waals surface area contributed by atoms with E-state index >= 15 is 0 Å². The third kappa shape index (κ3) is 4.77. The number of carbonyl (C=O) groups is 1. The summed E-state index contributed by atoms with van der Waals surface area (Å²) in [6.07, 6.45) is 5.31. The number of hydrogen-bond donors (Lipinski definition) is 1. The number of ether oxygens (including phenoxy) is 1. The van der Waals surface area contributed by atoms with Crippen molar-refractivity contribution in [3.63, 3.8) is 0 Å². The van der Waals surface area contributed by atoms with E-state index in [1.54, 1.807) is 0 Å². The third-order valence-electron chi connectivity index (χ3n) is 3.97. The van der Waals surface area contributed by atoms with Crippen LogP contribution in [0.15, 0.2) is 0 Å². The molecule has 0 aliphatic carbocycles. The molecule has 1 amide bonds. The summed E-state index contributed by atoms with van der Waals surface area (Å²) in [5.74, 6) is 0.796. The second kappa shape index (κ2) is 7.25. The van der Waals surface area contributed by atoms with E-state index in [0.29, 0.717) is 18.4 Å². The summed E-state index contributed by atoms with van der Waals surface area (Å²) < 4.78 is 5.59. The fourth-order valence-electron chi connectivity index (χ4n) is 3.03. The molecule has 0 aromatic carbocycles. The first-order valence-electron chi connectivity index (χ1n) is 7.78. The molecule has 1 N–H and O–H groups in total. The van der Waals surface area contributed by atoms with Gasteiger partial charge in [-0.15, -0.1) is 0 Å². The van der Waals surface area contributed by atoms with Crippen LogP contribution in [0.25, 0.3) is 0 Å². The number of rotatable bonds is 6. The molecule has 19 heavy (non-hydrogen) atoms. The van der Waals surface area contributed by atoms with Crippen LogP contribution in [0.3, 0.4) is 0 Å². The lowest BCUT2D eigenvalue weighted by atomic mass is 10.1. The Morgan fingerprint density at radius 1 is 1.37 bits per heavy atom. The molecule has 2 heterocycles. The Labute approximate surface area is 116 Å². The normalized spacial score (nSPS) is 27.1. The minimum atomic E-state index is 0.165. The maximum atomic E-state index is 12.4. The van der Waals surface area contributed by atoms with E-state index in [-0.39, 0.29) is 12.0 Å². The van der Waals surface area contributed by atoms with Crippen molar-refractivity contribution in [2.24, 2.45) is 5.92 Å². The predicted molar refractivity (Wildman–Crippen MR) is 76.0 cm³/mol. The van der Waals surface area contributed by atoms with Gasteiger partial charge in [0.1, 0.15) is 0 Å². The predicted octanol–water partition coefficient (Wildman–Crippen LogP) is 1.79. The largest absolute Gasteiger partial charge is 0.378 e. The van der Waals surface area contributed by atoms with Gasteiger partial charge < -0.3 is 15.0 Å². The molecule has 110 valence electrons. The van der Waals surface area contributed by atoms with Crippen LogP contribution in [0, 0.1) is 5.92 Å². The van der Waals surface area contributed by atoms with Crippen molar-refractivity contribution in [1.82, 2.24) is 10.2 Å². The van der Waals surface area contributed by atoms with Gasteiger partial charge in [-0.25, -0.2) is 0 Å². The highest BCUT2D eigenvalue weighted by atomic mass is 16.5. The van der Waals surface area contributed by atoms with Crippen LogP contribution in [0.2, 0.25) is 0 Å². The Kier molecular flexibility index (Phi) is 5.64. The van der Waals surface area contributed by atoms with Crippen LogP contribution in [0.4, 0.5) is 0 Å². The highest BCUT2D eigenvalue weighted by molar-refractivity contribution is 5.76. The standard InChI is InChI=1S/C15H28N2O2/c1-12(2)10-17(11-13-5-3-7-16-13)15(18)9-14-6-4-8-19-14/h12-14,16H,3-11H2,1-2H3.